The van der Waals surface area contributed by atoms with Gasteiger partial charge in [-0.25, -0.2) is 19.0 Å². The van der Waals surface area contributed by atoms with Gasteiger partial charge in [-0.05, 0) is 24.3 Å². The number of hydrogen-bond acceptors (Lipinski definition) is 7. The van der Waals surface area contributed by atoms with Crippen molar-refractivity contribution in [3.05, 3.63) is 70.9 Å². The highest BCUT2D eigenvalue weighted by molar-refractivity contribution is 5.89. The van der Waals surface area contributed by atoms with Crippen LogP contribution < -0.4 is 5.69 Å². The molecule has 2 aromatic heterocycles. The van der Waals surface area contributed by atoms with Gasteiger partial charge < -0.3 is 14.6 Å². The number of hydrogen-bond donors (Lipinski definition) is 1. The van der Waals surface area contributed by atoms with Crippen LogP contribution >= 0.6 is 0 Å². The Kier molecular flexibility index (Phi) is 4.84. The first kappa shape index (κ1) is 18.2. The Morgan fingerprint density at radius 1 is 1.25 bits per heavy atom. The molecule has 1 aliphatic heterocycles. The number of aliphatic hydroxyl groups is 1. The molecule has 0 spiro atoms. The highest BCUT2D eigenvalue weighted by Crippen LogP contribution is 2.33. The van der Waals surface area contributed by atoms with E-state index in [1.807, 2.05) is 0 Å². The molecule has 8 nitrogen and oxygen atoms in total. The summed E-state index contributed by atoms with van der Waals surface area (Å²) in [5, 5.41) is 10.1. The lowest BCUT2D eigenvalue weighted by atomic mass is 10.1. The second kappa shape index (κ2) is 7.45. The van der Waals surface area contributed by atoms with Gasteiger partial charge >= 0.3 is 11.7 Å². The summed E-state index contributed by atoms with van der Waals surface area (Å²) in [6.45, 7) is -0.582. The number of esters is 1. The molecular formula is C19H16FN3O5. The number of aliphatic hydroxyl groups excluding tert-OH is 1. The minimum Gasteiger partial charge on any atom is -0.453 e. The Morgan fingerprint density at radius 2 is 2.04 bits per heavy atom. The molecule has 28 heavy (non-hydrogen) atoms. The maximum Gasteiger partial charge on any atom is 0.351 e. The molecule has 4 unspecified atom stereocenters. The highest BCUT2D eigenvalue weighted by atomic mass is 19.1. The van der Waals surface area contributed by atoms with E-state index in [-0.39, 0.29) is 11.2 Å². The largest absolute Gasteiger partial charge is 0.453 e. The molecule has 4 rings (SSSR count). The molecule has 1 aliphatic rings. The van der Waals surface area contributed by atoms with Gasteiger partial charge in [0, 0.05) is 17.8 Å². The van der Waals surface area contributed by atoms with Crippen molar-refractivity contribution >= 4 is 17.0 Å². The number of nitrogens with zero attached hydrogens (tertiary/aromatic N) is 3. The van der Waals surface area contributed by atoms with Crippen LogP contribution in [-0.2, 0) is 9.47 Å². The molecule has 9 heteroatoms. The molecule has 1 aromatic carbocycles. The molecule has 0 saturated carbocycles. The predicted octanol–water partition coefficient (Wildman–Crippen LogP) is 1.24. The SMILES string of the molecule is O=C(OC1C(CO)OC(n2cc3cccnc3nc2=O)C1F)c1ccccc1. The Morgan fingerprint density at radius 3 is 2.79 bits per heavy atom. The van der Waals surface area contributed by atoms with Gasteiger partial charge in [0.15, 0.2) is 24.2 Å². The van der Waals surface area contributed by atoms with Crippen molar-refractivity contribution in [2.24, 2.45) is 0 Å². The molecule has 1 saturated heterocycles. The summed E-state index contributed by atoms with van der Waals surface area (Å²) in [6, 6.07) is 11.4. The zero-order valence-corrected chi connectivity index (χ0v) is 14.5. The third-order valence-corrected chi connectivity index (χ3v) is 4.49. The van der Waals surface area contributed by atoms with Crippen LogP contribution in [0.2, 0.25) is 0 Å². The van der Waals surface area contributed by atoms with Crippen LogP contribution in [0.4, 0.5) is 4.39 Å². The van der Waals surface area contributed by atoms with Crippen molar-refractivity contribution in [3.8, 4) is 0 Å². The van der Waals surface area contributed by atoms with Crippen LogP contribution in [-0.4, -0.2) is 50.6 Å². The fourth-order valence-corrected chi connectivity index (χ4v) is 3.11. The van der Waals surface area contributed by atoms with Gasteiger partial charge in [-0.2, -0.15) is 4.98 Å². The molecule has 1 N–H and O–H groups in total. The molecule has 0 radical (unpaired) electrons. The van der Waals surface area contributed by atoms with Gasteiger partial charge in [-0.1, -0.05) is 18.2 Å². The van der Waals surface area contributed by atoms with Crippen LogP contribution in [0.1, 0.15) is 16.6 Å². The average Bonchev–Trinajstić information content (AvgIpc) is 3.03. The normalized spacial score (nSPS) is 24.4. The number of rotatable bonds is 4. The van der Waals surface area contributed by atoms with Crippen LogP contribution in [0, 0.1) is 0 Å². The van der Waals surface area contributed by atoms with Crippen molar-refractivity contribution < 1.29 is 23.8 Å². The number of halogens is 1. The Bertz CT molecular complexity index is 1060. The van der Waals surface area contributed by atoms with Crippen LogP contribution in [0.5, 0.6) is 0 Å². The number of alkyl halides is 1. The zero-order valence-electron chi connectivity index (χ0n) is 14.5. The smallest absolute Gasteiger partial charge is 0.351 e. The third-order valence-electron chi connectivity index (χ3n) is 4.49. The van der Waals surface area contributed by atoms with E-state index in [0.717, 1.165) is 4.57 Å². The summed E-state index contributed by atoms with van der Waals surface area (Å²) in [5.74, 6) is -0.746. The van der Waals surface area contributed by atoms with Crippen molar-refractivity contribution in [1.82, 2.24) is 14.5 Å². The first-order valence-electron chi connectivity index (χ1n) is 8.59. The van der Waals surface area contributed by atoms with Crippen LogP contribution in [0.25, 0.3) is 11.0 Å². The van der Waals surface area contributed by atoms with E-state index in [9.17, 15) is 14.7 Å². The van der Waals surface area contributed by atoms with Crippen molar-refractivity contribution in [2.45, 2.75) is 24.6 Å². The fraction of sp³-hybridized carbons (Fsp3) is 0.263. The molecular weight excluding hydrogens is 369 g/mol. The summed E-state index contributed by atoms with van der Waals surface area (Å²) in [6.07, 6.45) is -2.90. The lowest BCUT2D eigenvalue weighted by Gasteiger charge is -2.18. The lowest BCUT2D eigenvalue weighted by Crippen LogP contribution is -2.37. The maximum absolute atomic E-state index is 15.1. The molecule has 0 amide bonds. The number of ether oxygens (including phenoxy) is 2. The summed E-state index contributed by atoms with van der Waals surface area (Å²) >= 11 is 0. The van der Waals surface area contributed by atoms with Gasteiger partial charge in [0.1, 0.15) is 6.10 Å². The monoisotopic (exact) mass is 385 g/mol. The Balaban J connectivity index is 1.63. The number of carbonyl (C=O) groups excluding carboxylic acids is 1. The van der Waals surface area contributed by atoms with Gasteiger partial charge in [0.05, 0.1) is 12.2 Å². The minimum absolute atomic E-state index is 0.225. The van der Waals surface area contributed by atoms with Gasteiger partial charge in [0.2, 0.25) is 0 Å². The summed E-state index contributed by atoms with van der Waals surface area (Å²) in [4.78, 5) is 32.4. The van der Waals surface area contributed by atoms with Crippen LogP contribution in [0.15, 0.2) is 59.7 Å². The average molecular weight is 385 g/mol. The molecule has 1 fully saturated rings. The fourth-order valence-electron chi connectivity index (χ4n) is 3.11. The Hall–Kier alpha value is -3.17. The lowest BCUT2D eigenvalue weighted by molar-refractivity contribution is -0.0532. The van der Waals surface area contributed by atoms with Gasteiger partial charge in [0.25, 0.3) is 0 Å². The topological polar surface area (TPSA) is 104 Å². The van der Waals surface area contributed by atoms with E-state index < -0.39 is 42.9 Å². The van der Waals surface area contributed by atoms with Crippen LogP contribution in [0.3, 0.4) is 0 Å². The quantitative estimate of drug-likeness (QED) is 0.674. The maximum atomic E-state index is 15.1. The minimum atomic E-state index is -1.88. The van der Waals surface area contributed by atoms with Crippen molar-refractivity contribution in [1.29, 1.82) is 0 Å². The van der Waals surface area contributed by atoms with E-state index in [1.54, 1.807) is 30.3 Å². The standard InChI is InChI=1S/C19H16FN3O5/c20-14-15(28-18(25)11-5-2-1-3-6-11)13(10-24)27-17(14)23-9-12-7-4-8-21-16(12)22-19(23)26/h1-9,13-15,17,24H,10H2. The van der Waals surface area contributed by atoms with E-state index in [1.165, 1.54) is 24.5 Å². The zero-order chi connectivity index (χ0) is 19.7. The molecule has 4 atom stereocenters. The predicted molar refractivity (Wildman–Crippen MR) is 95.3 cm³/mol. The third kappa shape index (κ3) is 3.25. The first-order valence-corrected chi connectivity index (χ1v) is 8.59. The summed E-state index contributed by atoms with van der Waals surface area (Å²) in [5.41, 5.74) is -0.293. The van der Waals surface area contributed by atoms with E-state index in [2.05, 4.69) is 9.97 Å². The molecule has 0 bridgehead atoms. The summed E-state index contributed by atoms with van der Waals surface area (Å²) in [7, 11) is 0. The molecule has 3 aromatic rings. The number of carbonyl (C=O) groups is 1. The second-order valence-electron chi connectivity index (χ2n) is 6.28. The van der Waals surface area contributed by atoms with Crippen molar-refractivity contribution in [3.63, 3.8) is 0 Å². The van der Waals surface area contributed by atoms with E-state index >= 15 is 4.39 Å². The first-order chi connectivity index (χ1) is 13.6. The highest BCUT2D eigenvalue weighted by Gasteiger charge is 2.48. The second-order valence-corrected chi connectivity index (χ2v) is 6.28. The number of benzene rings is 1. The van der Waals surface area contributed by atoms with Crippen molar-refractivity contribution in [2.75, 3.05) is 6.61 Å². The molecule has 3 heterocycles. The molecule has 144 valence electrons. The van der Waals surface area contributed by atoms with Gasteiger partial charge in [-0.15, -0.1) is 0 Å². The Labute approximate surface area is 158 Å². The number of aromatic nitrogens is 3. The number of fused-ring (bicyclic) bond motifs is 1. The van der Waals surface area contributed by atoms with E-state index in [4.69, 9.17) is 9.47 Å². The van der Waals surface area contributed by atoms with Gasteiger partial charge in [-0.3, -0.25) is 4.57 Å². The van der Waals surface area contributed by atoms with E-state index in [0.29, 0.717) is 5.39 Å². The number of pyridine rings is 1. The summed E-state index contributed by atoms with van der Waals surface area (Å²) < 4.78 is 26.8. The molecule has 0 aliphatic carbocycles.